The standard InChI is InChI=1S/C16H30N6/c1-15(2,3)10-16(18)5-13(19-14(17)20-16)22-8-11-6-21(4)7-12(11)9-22/h5,11-12H,6-10,18H2,1-4H3,(H3,17,19,20). The van der Waals surface area contributed by atoms with Crippen LogP contribution in [-0.4, -0.2) is 54.6 Å². The number of rotatable bonds is 2. The summed E-state index contributed by atoms with van der Waals surface area (Å²) in [5.74, 6) is 2.97. The summed E-state index contributed by atoms with van der Waals surface area (Å²) in [5.41, 5.74) is 11.9. The van der Waals surface area contributed by atoms with E-state index < -0.39 is 5.66 Å². The predicted octanol–water partition coefficient (Wildman–Crippen LogP) is 0.330. The van der Waals surface area contributed by atoms with Crippen LogP contribution in [0.2, 0.25) is 0 Å². The average Bonchev–Trinajstić information content (AvgIpc) is 2.80. The van der Waals surface area contributed by atoms with Crippen LogP contribution in [0.25, 0.3) is 0 Å². The molecular formula is C16H30N6. The van der Waals surface area contributed by atoms with Crippen molar-refractivity contribution in [2.45, 2.75) is 32.9 Å². The zero-order valence-electron chi connectivity index (χ0n) is 14.3. The first kappa shape index (κ1) is 15.6. The first-order chi connectivity index (χ1) is 10.1. The molecule has 0 spiro atoms. The van der Waals surface area contributed by atoms with Crippen molar-refractivity contribution in [3.05, 3.63) is 11.9 Å². The molecule has 0 amide bonds. The van der Waals surface area contributed by atoms with Crippen LogP contribution in [0.1, 0.15) is 27.2 Å². The lowest BCUT2D eigenvalue weighted by molar-refractivity contribution is 0.279. The maximum absolute atomic E-state index is 6.51. The molecule has 0 aromatic heterocycles. The number of nitrogens with one attached hydrogen (secondary N) is 1. The zero-order valence-corrected chi connectivity index (χ0v) is 14.3. The predicted molar refractivity (Wildman–Crippen MR) is 89.9 cm³/mol. The summed E-state index contributed by atoms with van der Waals surface area (Å²) in [5, 5.41) is 3.22. The van der Waals surface area contributed by atoms with Crippen molar-refractivity contribution in [2.24, 2.45) is 33.7 Å². The van der Waals surface area contributed by atoms with Gasteiger partial charge in [-0.15, -0.1) is 0 Å². The minimum atomic E-state index is -0.711. The lowest BCUT2D eigenvalue weighted by atomic mass is 9.84. The number of likely N-dealkylation sites (tertiary alicyclic amines) is 2. The second-order valence-electron chi connectivity index (χ2n) is 8.53. The van der Waals surface area contributed by atoms with Gasteiger partial charge in [-0.1, -0.05) is 20.8 Å². The van der Waals surface area contributed by atoms with Gasteiger partial charge in [-0.3, -0.25) is 0 Å². The van der Waals surface area contributed by atoms with Gasteiger partial charge in [-0.25, -0.2) is 4.99 Å². The van der Waals surface area contributed by atoms with Gasteiger partial charge in [0.15, 0.2) is 5.96 Å². The van der Waals surface area contributed by atoms with Crippen LogP contribution in [0.15, 0.2) is 16.9 Å². The molecule has 3 rings (SSSR count). The third-order valence-corrected chi connectivity index (χ3v) is 4.79. The molecule has 0 radical (unpaired) electrons. The van der Waals surface area contributed by atoms with Crippen LogP contribution in [-0.2, 0) is 0 Å². The summed E-state index contributed by atoms with van der Waals surface area (Å²) in [4.78, 5) is 9.28. The Morgan fingerprint density at radius 2 is 1.86 bits per heavy atom. The molecule has 6 heteroatoms. The third kappa shape index (κ3) is 3.22. The van der Waals surface area contributed by atoms with E-state index in [-0.39, 0.29) is 5.41 Å². The maximum Gasteiger partial charge on any atom is 0.196 e. The quantitative estimate of drug-likeness (QED) is 0.685. The van der Waals surface area contributed by atoms with Gasteiger partial charge < -0.3 is 26.6 Å². The van der Waals surface area contributed by atoms with Crippen molar-refractivity contribution >= 4 is 5.96 Å². The highest BCUT2D eigenvalue weighted by atomic mass is 15.3. The van der Waals surface area contributed by atoms with Crippen LogP contribution >= 0.6 is 0 Å². The van der Waals surface area contributed by atoms with Crippen molar-refractivity contribution in [1.82, 2.24) is 15.1 Å². The fourth-order valence-electron chi connectivity index (χ4n) is 4.22. The Morgan fingerprint density at radius 1 is 1.27 bits per heavy atom. The molecule has 2 saturated heterocycles. The van der Waals surface area contributed by atoms with Gasteiger partial charge >= 0.3 is 0 Å². The highest BCUT2D eigenvalue weighted by Gasteiger charge is 2.41. The Kier molecular flexibility index (Phi) is 3.64. The summed E-state index contributed by atoms with van der Waals surface area (Å²) in [6.45, 7) is 11.1. The molecule has 124 valence electrons. The van der Waals surface area contributed by atoms with Crippen molar-refractivity contribution in [1.29, 1.82) is 0 Å². The van der Waals surface area contributed by atoms with Crippen molar-refractivity contribution in [3.63, 3.8) is 0 Å². The molecule has 0 bridgehead atoms. The lowest BCUT2D eigenvalue weighted by Gasteiger charge is -2.36. The number of guanidine groups is 1. The van der Waals surface area contributed by atoms with Gasteiger partial charge in [0.05, 0.1) is 0 Å². The van der Waals surface area contributed by atoms with Crippen LogP contribution in [0, 0.1) is 17.3 Å². The first-order valence-corrected chi connectivity index (χ1v) is 8.21. The molecule has 3 unspecified atom stereocenters. The molecule has 22 heavy (non-hydrogen) atoms. The summed E-state index contributed by atoms with van der Waals surface area (Å²) >= 11 is 0. The Bertz CT molecular complexity index is 491. The molecule has 0 aromatic carbocycles. The first-order valence-electron chi connectivity index (χ1n) is 8.21. The van der Waals surface area contributed by atoms with E-state index in [1.165, 1.54) is 13.1 Å². The molecule has 0 aromatic rings. The maximum atomic E-state index is 6.51. The number of hydrogen-bond donors (Lipinski definition) is 3. The molecule has 3 heterocycles. The van der Waals surface area contributed by atoms with Crippen LogP contribution in [0.4, 0.5) is 0 Å². The summed E-state index contributed by atoms with van der Waals surface area (Å²) < 4.78 is 0. The summed E-state index contributed by atoms with van der Waals surface area (Å²) in [6, 6.07) is 0. The lowest BCUT2D eigenvalue weighted by Crippen LogP contribution is -2.51. The monoisotopic (exact) mass is 306 g/mol. The number of nitrogens with two attached hydrogens (primary N) is 2. The second kappa shape index (κ2) is 5.13. The fourth-order valence-corrected chi connectivity index (χ4v) is 4.22. The zero-order chi connectivity index (χ0) is 16.1. The Morgan fingerprint density at radius 3 is 2.41 bits per heavy atom. The molecule has 3 atom stereocenters. The van der Waals surface area contributed by atoms with E-state index >= 15 is 0 Å². The Labute approximate surface area is 133 Å². The molecule has 5 N–H and O–H groups in total. The normalized spacial score (nSPS) is 36.0. The number of aliphatic imine (C=N–C) groups is 1. The van der Waals surface area contributed by atoms with E-state index in [4.69, 9.17) is 11.5 Å². The molecular weight excluding hydrogens is 276 g/mol. The van der Waals surface area contributed by atoms with Gasteiger partial charge in [0.2, 0.25) is 0 Å². The Balaban J connectivity index is 1.75. The van der Waals surface area contributed by atoms with Crippen molar-refractivity contribution in [2.75, 3.05) is 33.2 Å². The van der Waals surface area contributed by atoms with Gasteiger partial charge in [0, 0.05) is 26.2 Å². The number of fused-ring (bicyclic) bond motifs is 1. The Hall–Kier alpha value is -1.27. The van der Waals surface area contributed by atoms with Gasteiger partial charge in [-0.05, 0) is 36.8 Å². The molecule has 3 aliphatic heterocycles. The summed E-state index contributed by atoms with van der Waals surface area (Å²) in [7, 11) is 2.21. The smallest absolute Gasteiger partial charge is 0.196 e. The van der Waals surface area contributed by atoms with Crippen LogP contribution in [0.3, 0.4) is 0 Å². The average molecular weight is 306 g/mol. The largest absolute Gasteiger partial charge is 0.370 e. The minimum absolute atomic E-state index is 0.0989. The minimum Gasteiger partial charge on any atom is -0.370 e. The fraction of sp³-hybridized carbons (Fsp3) is 0.812. The van der Waals surface area contributed by atoms with E-state index in [9.17, 15) is 0 Å². The van der Waals surface area contributed by atoms with Crippen molar-refractivity contribution < 1.29 is 0 Å². The topological polar surface area (TPSA) is 82.9 Å². The van der Waals surface area contributed by atoms with Gasteiger partial charge in [0.1, 0.15) is 11.5 Å². The third-order valence-electron chi connectivity index (χ3n) is 4.79. The molecule has 3 aliphatic rings. The van der Waals surface area contributed by atoms with E-state index in [1.807, 2.05) is 0 Å². The molecule has 0 saturated carbocycles. The van der Waals surface area contributed by atoms with Crippen LogP contribution in [0.5, 0.6) is 0 Å². The molecule has 2 fully saturated rings. The second-order valence-corrected chi connectivity index (χ2v) is 8.53. The van der Waals surface area contributed by atoms with E-state index in [0.717, 1.165) is 37.2 Å². The van der Waals surface area contributed by atoms with Gasteiger partial charge in [0.25, 0.3) is 0 Å². The SMILES string of the molecule is CN1CC2CN(C3=CC(N)(CC(C)(C)C)N=C(N)N3)CC2C1. The van der Waals surface area contributed by atoms with Gasteiger partial charge in [-0.2, -0.15) is 0 Å². The molecule has 0 aliphatic carbocycles. The van der Waals surface area contributed by atoms with Crippen LogP contribution < -0.4 is 16.8 Å². The van der Waals surface area contributed by atoms with Crippen molar-refractivity contribution in [3.8, 4) is 0 Å². The van der Waals surface area contributed by atoms with E-state index in [0.29, 0.717) is 5.96 Å². The highest BCUT2D eigenvalue weighted by molar-refractivity contribution is 5.81. The van der Waals surface area contributed by atoms with E-state index in [1.54, 1.807) is 0 Å². The summed E-state index contributed by atoms with van der Waals surface area (Å²) in [6.07, 6.45) is 2.84. The molecule has 6 nitrogen and oxygen atoms in total. The number of hydrogen-bond acceptors (Lipinski definition) is 6. The highest BCUT2D eigenvalue weighted by Crippen LogP contribution is 2.34. The van der Waals surface area contributed by atoms with E-state index in [2.05, 4.69) is 54.0 Å². The number of nitrogens with zero attached hydrogens (tertiary/aromatic N) is 3.